The Bertz CT molecular complexity index is 600. The highest BCUT2D eigenvalue weighted by molar-refractivity contribution is 5.54. The number of benzene rings is 1. The summed E-state index contributed by atoms with van der Waals surface area (Å²) in [7, 11) is 0. The van der Waals surface area contributed by atoms with Gasteiger partial charge in [-0.25, -0.2) is 4.68 Å². The van der Waals surface area contributed by atoms with Gasteiger partial charge in [0.25, 0.3) is 0 Å². The molecule has 0 saturated carbocycles. The number of aryl methyl sites for hydroxylation is 3. The molecule has 102 valence electrons. The highest BCUT2D eigenvalue weighted by Gasteiger charge is 2.17. The van der Waals surface area contributed by atoms with Crippen LogP contribution >= 0.6 is 0 Å². The zero-order chi connectivity index (χ0) is 14.2. The van der Waals surface area contributed by atoms with Crippen molar-refractivity contribution in [1.29, 1.82) is 0 Å². The molecule has 0 spiro atoms. The Morgan fingerprint density at radius 1 is 1.16 bits per heavy atom. The van der Waals surface area contributed by atoms with E-state index in [0.717, 1.165) is 11.4 Å². The van der Waals surface area contributed by atoms with Crippen LogP contribution in [-0.4, -0.2) is 9.78 Å². The highest BCUT2D eigenvalue weighted by Crippen LogP contribution is 2.32. The molecule has 0 bridgehead atoms. The standard InChI is InChI=1S/C15H21N3O/c1-9(2)18-15(14(16)12(5)17-18)19-13-7-6-10(3)11(4)8-13/h6-9H,16H2,1-5H3. The Morgan fingerprint density at radius 3 is 2.42 bits per heavy atom. The van der Waals surface area contributed by atoms with Crippen molar-refractivity contribution in [3.8, 4) is 11.6 Å². The zero-order valence-electron chi connectivity index (χ0n) is 12.2. The van der Waals surface area contributed by atoms with Crippen LogP contribution in [0.2, 0.25) is 0 Å². The smallest absolute Gasteiger partial charge is 0.241 e. The van der Waals surface area contributed by atoms with Crippen LogP contribution in [0.5, 0.6) is 11.6 Å². The molecule has 1 heterocycles. The summed E-state index contributed by atoms with van der Waals surface area (Å²) in [6.45, 7) is 10.1. The van der Waals surface area contributed by atoms with Gasteiger partial charge in [-0.1, -0.05) is 6.07 Å². The number of nitrogens with two attached hydrogens (primary N) is 1. The fraction of sp³-hybridized carbons (Fsp3) is 0.400. The van der Waals surface area contributed by atoms with E-state index in [1.165, 1.54) is 11.1 Å². The molecule has 2 N–H and O–H groups in total. The van der Waals surface area contributed by atoms with Crippen molar-refractivity contribution in [2.75, 3.05) is 5.73 Å². The van der Waals surface area contributed by atoms with E-state index in [2.05, 4.69) is 32.8 Å². The summed E-state index contributed by atoms with van der Waals surface area (Å²) in [6, 6.07) is 6.22. The average Bonchev–Trinajstić information content (AvgIpc) is 2.62. The number of anilines is 1. The quantitative estimate of drug-likeness (QED) is 0.913. The third-order valence-electron chi connectivity index (χ3n) is 3.27. The van der Waals surface area contributed by atoms with Gasteiger partial charge in [0, 0.05) is 0 Å². The summed E-state index contributed by atoms with van der Waals surface area (Å²) < 4.78 is 7.75. The van der Waals surface area contributed by atoms with E-state index in [0.29, 0.717) is 11.6 Å². The summed E-state index contributed by atoms with van der Waals surface area (Å²) in [5, 5.41) is 4.41. The lowest BCUT2D eigenvalue weighted by atomic mass is 10.1. The molecule has 1 aromatic heterocycles. The molecular weight excluding hydrogens is 238 g/mol. The summed E-state index contributed by atoms with van der Waals surface area (Å²) in [5.74, 6) is 1.41. The molecule has 0 aliphatic heterocycles. The van der Waals surface area contributed by atoms with Crippen LogP contribution in [0, 0.1) is 20.8 Å². The Hall–Kier alpha value is -1.97. The lowest BCUT2D eigenvalue weighted by Gasteiger charge is -2.13. The second kappa shape index (κ2) is 4.96. The number of ether oxygens (including phenoxy) is 1. The number of nitrogen functional groups attached to an aromatic ring is 1. The number of nitrogens with zero attached hydrogens (tertiary/aromatic N) is 2. The largest absolute Gasteiger partial charge is 0.437 e. The van der Waals surface area contributed by atoms with Gasteiger partial charge in [-0.15, -0.1) is 0 Å². The molecule has 19 heavy (non-hydrogen) atoms. The van der Waals surface area contributed by atoms with Gasteiger partial charge in [-0.3, -0.25) is 0 Å². The molecule has 4 heteroatoms. The molecule has 4 nitrogen and oxygen atoms in total. The van der Waals surface area contributed by atoms with Gasteiger partial charge in [0.05, 0.1) is 11.7 Å². The Kier molecular flexibility index (Phi) is 3.51. The van der Waals surface area contributed by atoms with Crippen LogP contribution in [0.15, 0.2) is 18.2 Å². The van der Waals surface area contributed by atoms with Gasteiger partial charge < -0.3 is 10.5 Å². The molecule has 2 aromatic rings. The summed E-state index contributed by atoms with van der Waals surface area (Å²) >= 11 is 0. The van der Waals surface area contributed by atoms with Crippen LogP contribution < -0.4 is 10.5 Å². The van der Waals surface area contributed by atoms with Gasteiger partial charge in [0.1, 0.15) is 11.4 Å². The molecule has 0 aliphatic rings. The lowest BCUT2D eigenvalue weighted by Crippen LogP contribution is -2.05. The molecule has 0 aliphatic carbocycles. The van der Waals surface area contributed by atoms with Gasteiger partial charge in [0.15, 0.2) is 0 Å². The Morgan fingerprint density at radius 2 is 1.84 bits per heavy atom. The predicted octanol–water partition coefficient (Wildman–Crippen LogP) is 3.76. The van der Waals surface area contributed by atoms with Gasteiger partial charge in [-0.2, -0.15) is 5.10 Å². The van der Waals surface area contributed by atoms with Crippen molar-refractivity contribution in [3.63, 3.8) is 0 Å². The lowest BCUT2D eigenvalue weighted by molar-refractivity contribution is 0.389. The molecule has 0 radical (unpaired) electrons. The fourth-order valence-electron chi connectivity index (χ4n) is 1.88. The van der Waals surface area contributed by atoms with Gasteiger partial charge in [-0.05, 0) is 57.9 Å². The van der Waals surface area contributed by atoms with Crippen LogP contribution in [0.4, 0.5) is 5.69 Å². The minimum atomic E-state index is 0.206. The summed E-state index contributed by atoms with van der Waals surface area (Å²) in [6.07, 6.45) is 0. The predicted molar refractivity (Wildman–Crippen MR) is 77.8 cm³/mol. The number of hydrogen-bond acceptors (Lipinski definition) is 3. The van der Waals surface area contributed by atoms with E-state index >= 15 is 0 Å². The van der Waals surface area contributed by atoms with Crippen LogP contribution in [0.25, 0.3) is 0 Å². The topological polar surface area (TPSA) is 53.1 Å². The van der Waals surface area contributed by atoms with E-state index in [9.17, 15) is 0 Å². The van der Waals surface area contributed by atoms with Crippen molar-refractivity contribution in [3.05, 3.63) is 35.0 Å². The average molecular weight is 259 g/mol. The van der Waals surface area contributed by atoms with Gasteiger partial charge >= 0.3 is 0 Å². The molecule has 0 amide bonds. The molecule has 0 atom stereocenters. The van der Waals surface area contributed by atoms with E-state index in [1.54, 1.807) is 0 Å². The number of hydrogen-bond donors (Lipinski definition) is 1. The molecule has 0 saturated heterocycles. The maximum atomic E-state index is 6.05. The Labute approximate surface area is 114 Å². The van der Waals surface area contributed by atoms with E-state index in [-0.39, 0.29) is 6.04 Å². The molecular formula is C15H21N3O. The van der Waals surface area contributed by atoms with Crippen LogP contribution in [-0.2, 0) is 0 Å². The monoisotopic (exact) mass is 259 g/mol. The van der Waals surface area contributed by atoms with Crippen molar-refractivity contribution in [2.24, 2.45) is 0 Å². The van der Waals surface area contributed by atoms with Crippen LogP contribution in [0.3, 0.4) is 0 Å². The first kappa shape index (κ1) is 13.5. The van der Waals surface area contributed by atoms with E-state index in [4.69, 9.17) is 10.5 Å². The summed E-state index contributed by atoms with van der Waals surface area (Å²) in [4.78, 5) is 0. The first-order valence-corrected chi connectivity index (χ1v) is 6.50. The number of aromatic nitrogens is 2. The van der Waals surface area contributed by atoms with Crippen molar-refractivity contribution in [1.82, 2.24) is 9.78 Å². The zero-order valence-corrected chi connectivity index (χ0v) is 12.2. The molecule has 2 rings (SSSR count). The normalized spacial score (nSPS) is 11.1. The van der Waals surface area contributed by atoms with Crippen molar-refractivity contribution >= 4 is 5.69 Å². The van der Waals surface area contributed by atoms with Crippen molar-refractivity contribution < 1.29 is 4.74 Å². The molecule has 0 unspecified atom stereocenters. The minimum absolute atomic E-state index is 0.206. The third kappa shape index (κ3) is 2.57. The molecule has 0 fully saturated rings. The number of rotatable bonds is 3. The van der Waals surface area contributed by atoms with Gasteiger partial charge in [0.2, 0.25) is 5.88 Å². The second-order valence-electron chi connectivity index (χ2n) is 5.19. The first-order valence-electron chi connectivity index (χ1n) is 6.50. The van der Waals surface area contributed by atoms with E-state index < -0.39 is 0 Å². The third-order valence-corrected chi connectivity index (χ3v) is 3.27. The second-order valence-corrected chi connectivity index (χ2v) is 5.19. The summed E-state index contributed by atoms with van der Waals surface area (Å²) in [5.41, 5.74) is 9.89. The maximum Gasteiger partial charge on any atom is 0.241 e. The highest BCUT2D eigenvalue weighted by atomic mass is 16.5. The fourth-order valence-corrected chi connectivity index (χ4v) is 1.88. The van der Waals surface area contributed by atoms with Crippen molar-refractivity contribution in [2.45, 2.75) is 40.7 Å². The molecule has 1 aromatic carbocycles. The first-order chi connectivity index (χ1) is 8.90. The minimum Gasteiger partial charge on any atom is -0.437 e. The maximum absolute atomic E-state index is 6.05. The Balaban J connectivity index is 2.40. The van der Waals surface area contributed by atoms with Crippen LogP contribution in [0.1, 0.15) is 36.7 Å². The SMILES string of the molecule is Cc1ccc(Oc2c(N)c(C)nn2C(C)C)cc1C. The van der Waals surface area contributed by atoms with E-state index in [1.807, 2.05) is 29.8 Å².